The third kappa shape index (κ3) is 2.91. The molecule has 1 fully saturated rings. The Morgan fingerprint density at radius 3 is 2.83 bits per heavy atom. The molecule has 0 amide bonds. The number of aromatic nitrogens is 1. The van der Waals surface area contributed by atoms with Crippen LogP contribution in [-0.2, 0) is 6.42 Å². The van der Waals surface area contributed by atoms with E-state index in [0.717, 1.165) is 50.8 Å². The highest BCUT2D eigenvalue weighted by atomic mass is 16.5. The molecule has 2 aromatic rings. The van der Waals surface area contributed by atoms with Crippen LogP contribution in [0.3, 0.4) is 0 Å². The average molecular weight is 308 g/mol. The lowest BCUT2D eigenvalue weighted by molar-refractivity contribution is 0.198. The normalized spacial score (nSPS) is 19.3. The monoisotopic (exact) mass is 308 g/mol. The molecule has 23 heavy (non-hydrogen) atoms. The van der Waals surface area contributed by atoms with Gasteiger partial charge in [0.1, 0.15) is 11.6 Å². The molecule has 2 aliphatic rings. The maximum absolute atomic E-state index is 5.71. The number of rotatable bonds is 3. The molecule has 119 valence electrons. The quantitative estimate of drug-likeness (QED) is 0.872. The van der Waals surface area contributed by atoms with Gasteiger partial charge in [-0.2, -0.15) is 0 Å². The van der Waals surface area contributed by atoms with E-state index in [0.29, 0.717) is 6.04 Å². The van der Waals surface area contributed by atoms with Crippen LogP contribution in [-0.4, -0.2) is 42.7 Å². The van der Waals surface area contributed by atoms with Gasteiger partial charge in [-0.3, -0.25) is 4.90 Å². The minimum Gasteiger partial charge on any atom is -0.493 e. The Balaban J connectivity index is 1.42. The van der Waals surface area contributed by atoms with Crippen LogP contribution >= 0.6 is 0 Å². The summed E-state index contributed by atoms with van der Waals surface area (Å²) in [7, 11) is 0. The van der Waals surface area contributed by atoms with Crippen molar-refractivity contribution in [2.45, 2.75) is 19.4 Å². The van der Waals surface area contributed by atoms with Gasteiger partial charge in [0.15, 0.2) is 0 Å². The maximum Gasteiger partial charge on any atom is 0.128 e. The minimum atomic E-state index is 0.420. The van der Waals surface area contributed by atoms with Gasteiger partial charge in [-0.25, -0.2) is 4.98 Å². The molecule has 0 spiro atoms. The van der Waals surface area contributed by atoms with E-state index < -0.39 is 0 Å². The van der Waals surface area contributed by atoms with Crippen molar-refractivity contribution < 1.29 is 4.74 Å². The molecule has 1 atom stereocenters. The molecular formula is C19H22N3O. The molecule has 1 unspecified atom stereocenters. The van der Waals surface area contributed by atoms with Crippen molar-refractivity contribution in [3.63, 3.8) is 0 Å². The molecule has 1 aromatic carbocycles. The zero-order valence-electron chi connectivity index (χ0n) is 13.5. The van der Waals surface area contributed by atoms with Crippen LogP contribution in [0.1, 0.15) is 24.1 Å². The Hall–Kier alpha value is -2.07. The second-order valence-electron chi connectivity index (χ2n) is 6.28. The molecule has 0 bridgehead atoms. The molecule has 0 saturated carbocycles. The Kier molecular flexibility index (Phi) is 3.92. The molecule has 0 N–H and O–H groups in total. The van der Waals surface area contributed by atoms with Crippen LogP contribution in [0.5, 0.6) is 5.75 Å². The number of hydrogen-bond donors (Lipinski definition) is 0. The molecule has 1 saturated heterocycles. The molecule has 0 aliphatic carbocycles. The van der Waals surface area contributed by atoms with E-state index in [4.69, 9.17) is 4.74 Å². The Bertz CT molecular complexity index is 666. The molecule has 1 aromatic heterocycles. The number of hydrogen-bond acceptors (Lipinski definition) is 4. The van der Waals surface area contributed by atoms with Crippen molar-refractivity contribution in [2.75, 3.05) is 37.7 Å². The number of ether oxygens (including phenoxy) is 1. The summed E-state index contributed by atoms with van der Waals surface area (Å²) in [5.74, 6) is 2.14. The molecule has 2 aliphatic heterocycles. The predicted molar refractivity (Wildman–Crippen MR) is 90.9 cm³/mol. The number of nitrogens with zero attached hydrogens (tertiary/aromatic N) is 3. The van der Waals surface area contributed by atoms with Gasteiger partial charge in [0.2, 0.25) is 0 Å². The standard InChI is InChI=1S/C19H22N3O/c1-15(17-6-5-16-7-13-23-18(16)14-17)21-9-11-22(12-10-21)19-4-2-3-8-20-19/h2,4-6,8,14-15H,7,9-13H2,1H3. The Morgan fingerprint density at radius 2 is 2.04 bits per heavy atom. The fraction of sp³-hybridized carbons (Fsp3) is 0.421. The largest absolute Gasteiger partial charge is 0.493 e. The van der Waals surface area contributed by atoms with Gasteiger partial charge >= 0.3 is 0 Å². The number of pyridine rings is 1. The van der Waals surface area contributed by atoms with Gasteiger partial charge in [-0.05, 0) is 36.2 Å². The lowest BCUT2D eigenvalue weighted by Crippen LogP contribution is -2.47. The molecule has 1 radical (unpaired) electrons. The third-order valence-electron chi connectivity index (χ3n) is 4.99. The van der Waals surface area contributed by atoms with Gasteiger partial charge in [0.25, 0.3) is 0 Å². The third-order valence-corrected chi connectivity index (χ3v) is 4.99. The van der Waals surface area contributed by atoms with Crippen molar-refractivity contribution >= 4 is 5.82 Å². The molecule has 3 heterocycles. The first-order chi connectivity index (χ1) is 11.3. The first-order valence-corrected chi connectivity index (χ1v) is 8.38. The number of fused-ring (bicyclic) bond motifs is 1. The van der Waals surface area contributed by atoms with E-state index in [1.165, 1.54) is 11.1 Å². The predicted octanol–water partition coefficient (Wildman–Crippen LogP) is 2.70. The maximum atomic E-state index is 5.71. The molecular weight excluding hydrogens is 286 g/mol. The number of piperazine rings is 1. The summed E-state index contributed by atoms with van der Waals surface area (Å²) in [6.07, 6.45) is 2.79. The van der Waals surface area contributed by atoms with E-state index in [9.17, 15) is 0 Å². The number of anilines is 1. The highest BCUT2D eigenvalue weighted by Crippen LogP contribution is 2.31. The Labute approximate surface area is 137 Å². The van der Waals surface area contributed by atoms with Gasteiger partial charge in [-0.15, -0.1) is 0 Å². The van der Waals surface area contributed by atoms with Crippen molar-refractivity contribution in [1.82, 2.24) is 9.88 Å². The smallest absolute Gasteiger partial charge is 0.128 e. The molecule has 4 rings (SSSR count). The highest BCUT2D eigenvalue weighted by Gasteiger charge is 2.24. The second kappa shape index (κ2) is 6.20. The first kappa shape index (κ1) is 14.5. The Morgan fingerprint density at radius 1 is 1.17 bits per heavy atom. The summed E-state index contributed by atoms with van der Waals surface area (Å²) in [5, 5.41) is 0. The second-order valence-corrected chi connectivity index (χ2v) is 6.28. The van der Waals surface area contributed by atoms with Gasteiger partial charge < -0.3 is 9.64 Å². The zero-order chi connectivity index (χ0) is 15.6. The van der Waals surface area contributed by atoms with Crippen LogP contribution in [0.15, 0.2) is 36.5 Å². The van der Waals surface area contributed by atoms with E-state index in [2.05, 4.69) is 46.0 Å². The molecule has 4 heteroatoms. The van der Waals surface area contributed by atoms with Crippen LogP contribution in [0.25, 0.3) is 0 Å². The molecule has 4 nitrogen and oxygen atoms in total. The summed E-state index contributed by atoms with van der Waals surface area (Å²) >= 11 is 0. The highest BCUT2D eigenvalue weighted by molar-refractivity contribution is 5.41. The van der Waals surface area contributed by atoms with Crippen molar-refractivity contribution in [3.05, 3.63) is 53.7 Å². The summed E-state index contributed by atoms with van der Waals surface area (Å²) in [4.78, 5) is 9.30. The van der Waals surface area contributed by atoms with Crippen LogP contribution in [0, 0.1) is 6.07 Å². The van der Waals surface area contributed by atoms with E-state index in [1.54, 1.807) is 6.20 Å². The van der Waals surface area contributed by atoms with Crippen LogP contribution < -0.4 is 9.64 Å². The van der Waals surface area contributed by atoms with E-state index >= 15 is 0 Å². The number of benzene rings is 1. The summed E-state index contributed by atoms with van der Waals surface area (Å²) in [6, 6.07) is 14.1. The van der Waals surface area contributed by atoms with Crippen molar-refractivity contribution in [3.8, 4) is 5.75 Å². The fourth-order valence-corrected chi connectivity index (χ4v) is 3.49. The van der Waals surface area contributed by atoms with Crippen molar-refractivity contribution in [1.29, 1.82) is 0 Å². The van der Waals surface area contributed by atoms with Crippen molar-refractivity contribution in [2.24, 2.45) is 0 Å². The first-order valence-electron chi connectivity index (χ1n) is 8.38. The fourth-order valence-electron chi connectivity index (χ4n) is 3.49. The van der Waals surface area contributed by atoms with Gasteiger partial charge in [-0.1, -0.05) is 12.1 Å². The van der Waals surface area contributed by atoms with Crippen LogP contribution in [0.4, 0.5) is 5.82 Å². The van der Waals surface area contributed by atoms with Gasteiger partial charge in [0.05, 0.1) is 6.61 Å². The zero-order valence-corrected chi connectivity index (χ0v) is 13.5. The summed E-state index contributed by atoms with van der Waals surface area (Å²) in [6.45, 7) is 7.26. The van der Waals surface area contributed by atoms with Gasteiger partial charge in [0, 0.05) is 50.9 Å². The SMILES string of the molecule is CC(c1ccc2c(c1)OCC2)N1CCN(c2cc[c]cn2)CC1. The summed E-state index contributed by atoms with van der Waals surface area (Å²) in [5.41, 5.74) is 2.70. The average Bonchev–Trinajstić information content (AvgIpc) is 3.10. The summed E-state index contributed by atoms with van der Waals surface area (Å²) < 4.78 is 5.71. The lowest BCUT2D eigenvalue weighted by atomic mass is 10.0. The topological polar surface area (TPSA) is 28.6 Å². The lowest BCUT2D eigenvalue weighted by Gasteiger charge is -2.38. The van der Waals surface area contributed by atoms with Crippen LogP contribution in [0.2, 0.25) is 0 Å². The van der Waals surface area contributed by atoms with E-state index in [-0.39, 0.29) is 0 Å². The minimum absolute atomic E-state index is 0.420. The van der Waals surface area contributed by atoms with E-state index in [1.807, 2.05) is 12.1 Å².